The Morgan fingerprint density at radius 3 is 2.61 bits per heavy atom. The highest BCUT2D eigenvalue weighted by Gasteiger charge is 2.16. The maximum Gasteiger partial charge on any atom is 0.0940 e. The van der Waals surface area contributed by atoms with Crippen molar-refractivity contribution in [3.05, 3.63) is 34.3 Å². The number of aryl methyl sites for hydroxylation is 1. The minimum atomic E-state index is -0.511. The van der Waals surface area contributed by atoms with Crippen molar-refractivity contribution in [1.29, 1.82) is 0 Å². The quantitative estimate of drug-likeness (QED) is 0.832. The second-order valence-corrected chi connectivity index (χ2v) is 5.41. The van der Waals surface area contributed by atoms with Crippen LogP contribution in [-0.2, 0) is 0 Å². The van der Waals surface area contributed by atoms with Crippen LogP contribution in [0, 0.1) is 6.92 Å². The molecule has 0 heterocycles. The summed E-state index contributed by atoms with van der Waals surface area (Å²) in [5.41, 5.74) is 1.90. The van der Waals surface area contributed by atoms with E-state index < -0.39 is 6.10 Å². The number of benzene rings is 1. The first-order valence-electron chi connectivity index (χ1n) is 6.24. The Balaban J connectivity index is 2.56. The Morgan fingerprint density at radius 1 is 1.39 bits per heavy atom. The zero-order valence-electron chi connectivity index (χ0n) is 11.6. The van der Waals surface area contributed by atoms with Crippen LogP contribution in [0.3, 0.4) is 0 Å². The third kappa shape index (κ3) is 4.58. The molecule has 0 saturated heterocycles. The summed E-state index contributed by atoms with van der Waals surface area (Å²) in [4.78, 5) is 2.11. The monoisotopic (exact) mass is 270 g/mol. The average Bonchev–Trinajstić information content (AvgIpc) is 2.31. The predicted molar refractivity (Wildman–Crippen MR) is 77.2 cm³/mol. The van der Waals surface area contributed by atoms with E-state index >= 15 is 0 Å². The van der Waals surface area contributed by atoms with Gasteiger partial charge in [0.2, 0.25) is 0 Å². The molecule has 2 atom stereocenters. The number of nitrogens with one attached hydrogen (secondary N) is 1. The van der Waals surface area contributed by atoms with E-state index in [1.165, 1.54) is 0 Å². The first kappa shape index (κ1) is 15.4. The molecule has 0 aliphatic carbocycles. The van der Waals surface area contributed by atoms with E-state index in [-0.39, 0.29) is 6.04 Å². The molecule has 0 amide bonds. The Morgan fingerprint density at radius 2 is 2.06 bits per heavy atom. The van der Waals surface area contributed by atoms with E-state index in [0.29, 0.717) is 0 Å². The zero-order chi connectivity index (χ0) is 13.7. The van der Waals surface area contributed by atoms with Gasteiger partial charge in [-0.1, -0.05) is 23.7 Å². The average molecular weight is 271 g/mol. The number of likely N-dealkylation sites (N-methyl/N-ethyl adjacent to an activating group) is 1. The second kappa shape index (κ2) is 7.10. The second-order valence-electron chi connectivity index (χ2n) is 5.00. The van der Waals surface area contributed by atoms with E-state index in [1.807, 2.05) is 46.1 Å². The summed E-state index contributed by atoms with van der Waals surface area (Å²) < 4.78 is 0. The van der Waals surface area contributed by atoms with Gasteiger partial charge in [0.05, 0.1) is 6.10 Å². The molecule has 3 nitrogen and oxygen atoms in total. The lowest BCUT2D eigenvalue weighted by atomic mass is 10.0. The van der Waals surface area contributed by atoms with Gasteiger partial charge in [-0.05, 0) is 45.1 Å². The van der Waals surface area contributed by atoms with Crippen LogP contribution < -0.4 is 5.32 Å². The molecule has 102 valence electrons. The first-order chi connectivity index (χ1) is 8.41. The van der Waals surface area contributed by atoms with Crippen LogP contribution in [0.1, 0.15) is 24.2 Å². The molecule has 4 heteroatoms. The lowest BCUT2D eigenvalue weighted by molar-refractivity contribution is 0.135. The summed E-state index contributed by atoms with van der Waals surface area (Å²) in [7, 11) is 4.07. The molecule has 0 fully saturated rings. The van der Waals surface area contributed by atoms with E-state index in [4.69, 9.17) is 11.6 Å². The fraction of sp³-hybridized carbons (Fsp3) is 0.571. The number of aliphatic hydroxyl groups excluding tert-OH is 1. The Kier molecular flexibility index (Phi) is 6.09. The van der Waals surface area contributed by atoms with Gasteiger partial charge in [0, 0.05) is 24.2 Å². The van der Waals surface area contributed by atoms with Crippen LogP contribution >= 0.6 is 11.6 Å². The van der Waals surface area contributed by atoms with Crippen LogP contribution in [0.25, 0.3) is 0 Å². The molecule has 0 spiro atoms. The van der Waals surface area contributed by atoms with Crippen molar-refractivity contribution in [3.8, 4) is 0 Å². The Bertz CT molecular complexity index is 382. The maximum absolute atomic E-state index is 10.3. The molecule has 0 aromatic heterocycles. The molecule has 0 aliphatic rings. The SMILES string of the molecule is Cc1cc(C(O)C(C)NCCN(C)C)ccc1Cl. The molecule has 0 radical (unpaired) electrons. The molecule has 18 heavy (non-hydrogen) atoms. The summed E-state index contributed by atoms with van der Waals surface area (Å²) in [5.74, 6) is 0. The number of hydrogen-bond acceptors (Lipinski definition) is 3. The van der Waals surface area contributed by atoms with Gasteiger partial charge in [0.1, 0.15) is 0 Å². The topological polar surface area (TPSA) is 35.5 Å². The summed E-state index contributed by atoms with van der Waals surface area (Å²) in [6.45, 7) is 5.75. The smallest absolute Gasteiger partial charge is 0.0940 e. The highest BCUT2D eigenvalue weighted by molar-refractivity contribution is 6.31. The molecular formula is C14H23ClN2O. The van der Waals surface area contributed by atoms with Crippen molar-refractivity contribution in [2.75, 3.05) is 27.2 Å². The van der Waals surface area contributed by atoms with Crippen LogP contribution in [0.15, 0.2) is 18.2 Å². The summed E-state index contributed by atoms with van der Waals surface area (Å²) >= 11 is 5.98. The summed E-state index contributed by atoms with van der Waals surface area (Å²) in [5, 5.41) is 14.3. The normalized spacial score (nSPS) is 14.8. The number of halogens is 1. The third-order valence-electron chi connectivity index (χ3n) is 3.02. The van der Waals surface area contributed by atoms with E-state index in [0.717, 1.165) is 29.2 Å². The highest BCUT2D eigenvalue weighted by atomic mass is 35.5. The molecule has 2 N–H and O–H groups in total. The Labute approximate surface area is 115 Å². The number of nitrogens with zero attached hydrogens (tertiary/aromatic N) is 1. The van der Waals surface area contributed by atoms with Crippen molar-refractivity contribution in [1.82, 2.24) is 10.2 Å². The molecule has 1 aromatic rings. The predicted octanol–water partition coefficient (Wildman–Crippen LogP) is 2.22. The van der Waals surface area contributed by atoms with Gasteiger partial charge in [0.25, 0.3) is 0 Å². The zero-order valence-corrected chi connectivity index (χ0v) is 12.3. The minimum Gasteiger partial charge on any atom is -0.387 e. The minimum absolute atomic E-state index is 0.0190. The van der Waals surface area contributed by atoms with Crippen molar-refractivity contribution in [2.24, 2.45) is 0 Å². The van der Waals surface area contributed by atoms with Gasteiger partial charge >= 0.3 is 0 Å². The van der Waals surface area contributed by atoms with Crippen LogP contribution in [0.4, 0.5) is 0 Å². The summed E-state index contributed by atoms with van der Waals surface area (Å²) in [6, 6.07) is 5.67. The lowest BCUT2D eigenvalue weighted by Gasteiger charge is -2.22. The van der Waals surface area contributed by atoms with Gasteiger partial charge in [-0.15, -0.1) is 0 Å². The van der Waals surface area contributed by atoms with Crippen molar-refractivity contribution >= 4 is 11.6 Å². The molecule has 1 rings (SSSR count). The lowest BCUT2D eigenvalue weighted by Crippen LogP contribution is -2.36. The van der Waals surface area contributed by atoms with Gasteiger partial charge in [-0.3, -0.25) is 0 Å². The van der Waals surface area contributed by atoms with Crippen LogP contribution in [0.5, 0.6) is 0 Å². The van der Waals surface area contributed by atoms with Crippen molar-refractivity contribution in [3.63, 3.8) is 0 Å². The first-order valence-corrected chi connectivity index (χ1v) is 6.62. The third-order valence-corrected chi connectivity index (χ3v) is 3.45. The summed E-state index contributed by atoms with van der Waals surface area (Å²) in [6.07, 6.45) is -0.511. The fourth-order valence-electron chi connectivity index (χ4n) is 1.77. The van der Waals surface area contributed by atoms with E-state index in [9.17, 15) is 5.11 Å². The van der Waals surface area contributed by atoms with Gasteiger partial charge < -0.3 is 15.3 Å². The standard InChI is InChI=1S/C14H23ClN2O/c1-10-9-12(5-6-13(10)15)14(18)11(2)16-7-8-17(3)4/h5-6,9,11,14,16,18H,7-8H2,1-4H3. The van der Waals surface area contributed by atoms with Gasteiger partial charge in [0.15, 0.2) is 0 Å². The van der Waals surface area contributed by atoms with E-state index in [1.54, 1.807) is 0 Å². The number of aliphatic hydroxyl groups is 1. The maximum atomic E-state index is 10.3. The van der Waals surface area contributed by atoms with Crippen molar-refractivity contribution < 1.29 is 5.11 Å². The largest absolute Gasteiger partial charge is 0.387 e. The van der Waals surface area contributed by atoms with Crippen LogP contribution in [0.2, 0.25) is 5.02 Å². The molecule has 0 aliphatic heterocycles. The fourth-order valence-corrected chi connectivity index (χ4v) is 1.89. The molecular weight excluding hydrogens is 248 g/mol. The number of hydrogen-bond donors (Lipinski definition) is 2. The molecule has 0 bridgehead atoms. The van der Waals surface area contributed by atoms with E-state index in [2.05, 4.69) is 10.2 Å². The van der Waals surface area contributed by atoms with Gasteiger partial charge in [-0.25, -0.2) is 0 Å². The van der Waals surface area contributed by atoms with Crippen molar-refractivity contribution in [2.45, 2.75) is 26.0 Å². The molecule has 1 aromatic carbocycles. The highest BCUT2D eigenvalue weighted by Crippen LogP contribution is 2.22. The molecule has 0 saturated carbocycles. The molecule has 2 unspecified atom stereocenters. The number of rotatable bonds is 6. The van der Waals surface area contributed by atoms with Gasteiger partial charge in [-0.2, -0.15) is 0 Å². The Hall–Kier alpha value is -0.610. The van der Waals surface area contributed by atoms with Crippen LogP contribution in [-0.4, -0.2) is 43.2 Å².